The van der Waals surface area contributed by atoms with Crippen LogP contribution >= 0.6 is 0 Å². The summed E-state index contributed by atoms with van der Waals surface area (Å²) in [6, 6.07) is 68.2. The first-order valence-corrected chi connectivity index (χ1v) is 20.6. The number of fused-ring (bicyclic) bond motifs is 8. The van der Waals surface area contributed by atoms with Gasteiger partial charge in [0.25, 0.3) is 0 Å². The van der Waals surface area contributed by atoms with Gasteiger partial charge in [0.15, 0.2) is 0 Å². The van der Waals surface area contributed by atoms with Gasteiger partial charge in [0.2, 0.25) is 0 Å². The van der Waals surface area contributed by atoms with Crippen LogP contribution in [0.5, 0.6) is 0 Å². The van der Waals surface area contributed by atoms with Crippen LogP contribution in [-0.4, -0.2) is 0 Å². The lowest BCUT2D eigenvalue weighted by atomic mass is 9.82. The zero-order valence-corrected chi connectivity index (χ0v) is 33.8. The van der Waals surface area contributed by atoms with E-state index in [0.717, 1.165) is 11.4 Å². The molecule has 0 spiro atoms. The van der Waals surface area contributed by atoms with E-state index in [2.05, 4.69) is 222 Å². The van der Waals surface area contributed by atoms with Crippen LogP contribution in [-0.2, 0) is 10.8 Å². The summed E-state index contributed by atoms with van der Waals surface area (Å²) in [7, 11) is 0. The van der Waals surface area contributed by atoms with Gasteiger partial charge in [-0.3, -0.25) is 0 Å². The van der Waals surface area contributed by atoms with Crippen molar-refractivity contribution in [2.24, 2.45) is 0 Å². The van der Waals surface area contributed by atoms with Gasteiger partial charge in [0.1, 0.15) is 0 Å². The molecule has 0 fully saturated rings. The summed E-state index contributed by atoms with van der Waals surface area (Å²) in [4.78, 5) is 2.57. The van der Waals surface area contributed by atoms with Gasteiger partial charge in [0.05, 0.1) is 5.69 Å². The Balaban J connectivity index is 1.22. The van der Waals surface area contributed by atoms with Crippen molar-refractivity contribution in [2.45, 2.75) is 45.4 Å². The summed E-state index contributed by atoms with van der Waals surface area (Å²) in [5.41, 5.74) is 20.2. The van der Waals surface area contributed by atoms with E-state index in [1.807, 2.05) is 0 Å². The molecule has 9 aromatic carbocycles. The molecule has 0 saturated carbocycles. The highest BCUT2D eigenvalue weighted by Gasteiger charge is 2.38. The van der Waals surface area contributed by atoms with E-state index in [0.29, 0.717) is 0 Å². The molecule has 2 aliphatic rings. The molecule has 0 saturated heterocycles. The van der Waals surface area contributed by atoms with Crippen molar-refractivity contribution in [1.29, 1.82) is 0 Å². The van der Waals surface area contributed by atoms with Crippen molar-refractivity contribution < 1.29 is 0 Å². The number of rotatable bonds is 5. The lowest BCUT2D eigenvalue weighted by Gasteiger charge is -2.33. The molecule has 0 atom stereocenters. The Bertz CT molecular complexity index is 3020. The van der Waals surface area contributed by atoms with Gasteiger partial charge in [-0.1, -0.05) is 173 Å². The number of aryl methyl sites for hydroxylation is 1. The molecule has 0 aromatic heterocycles. The summed E-state index contributed by atoms with van der Waals surface area (Å²) in [5.74, 6) is 0. The smallest absolute Gasteiger partial charge is 0.0569 e. The number of hydrogen-bond acceptors (Lipinski definition) is 1. The maximum absolute atomic E-state index is 2.57. The predicted octanol–water partition coefficient (Wildman–Crippen LogP) is 15.7. The van der Waals surface area contributed by atoms with Crippen LogP contribution < -0.4 is 4.90 Å². The third kappa shape index (κ3) is 5.02. The van der Waals surface area contributed by atoms with E-state index in [1.165, 1.54) is 99.6 Å². The Hall–Kier alpha value is -6.70. The normalized spacial score (nSPS) is 14.2. The van der Waals surface area contributed by atoms with Crippen LogP contribution in [0.25, 0.3) is 66.1 Å². The molecule has 0 amide bonds. The fraction of sp³-hybridized carbons (Fsp3) is 0.123. The maximum atomic E-state index is 2.57. The Morgan fingerprint density at radius 2 is 0.776 bits per heavy atom. The van der Waals surface area contributed by atoms with Crippen molar-refractivity contribution in [3.63, 3.8) is 0 Å². The molecule has 1 nitrogen and oxygen atoms in total. The summed E-state index contributed by atoms with van der Waals surface area (Å²) < 4.78 is 0. The average molecular weight is 744 g/mol. The molecule has 1 heteroatoms. The summed E-state index contributed by atoms with van der Waals surface area (Å²) in [6.07, 6.45) is 0. The molecule has 278 valence electrons. The van der Waals surface area contributed by atoms with Crippen molar-refractivity contribution in [3.05, 3.63) is 210 Å². The second kappa shape index (κ2) is 12.7. The zero-order chi connectivity index (χ0) is 39.3. The molecule has 11 rings (SSSR count). The minimum absolute atomic E-state index is 0.138. The molecular weight excluding hydrogens is 699 g/mol. The molecule has 2 aliphatic carbocycles. The third-order valence-corrected chi connectivity index (χ3v) is 13.4. The number of anilines is 3. The standard InChI is InChI=1S/C57H45N/c1-36-32-39(44-24-14-18-37-16-6-8-20-42(37)44)33-50(45-25-15-19-38-17-7-9-21-43(38)45)55(36)58(40-28-30-48-46-22-10-12-26-51(46)56(2,3)53(48)34-40)41-29-31-49-47-23-11-13-27-52(47)57(4,5)54(49)35-41/h6-35H,1-5H3. The average Bonchev–Trinajstić information content (AvgIpc) is 3.63. The highest BCUT2D eigenvalue weighted by atomic mass is 15.1. The fourth-order valence-corrected chi connectivity index (χ4v) is 10.4. The molecule has 9 aromatic rings. The predicted molar refractivity (Wildman–Crippen MR) is 247 cm³/mol. The Morgan fingerprint density at radius 3 is 1.34 bits per heavy atom. The molecule has 0 heterocycles. The Labute approximate surface area is 341 Å². The third-order valence-electron chi connectivity index (χ3n) is 13.4. The van der Waals surface area contributed by atoms with E-state index < -0.39 is 0 Å². The van der Waals surface area contributed by atoms with E-state index in [9.17, 15) is 0 Å². The van der Waals surface area contributed by atoms with Crippen molar-refractivity contribution in [3.8, 4) is 44.5 Å². The van der Waals surface area contributed by atoms with Gasteiger partial charge >= 0.3 is 0 Å². The minimum Gasteiger partial charge on any atom is -0.310 e. The van der Waals surface area contributed by atoms with Crippen LogP contribution in [0.4, 0.5) is 17.1 Å². The fourth-order valence-electron chi connectivity index (χ4n) is 10.4. The number of nitrogens with zero attached hydrogens (tertiary/aromatic N) is 1. The van der Waals surface area contributed by atoms with E-state index >= 15 is 0 Å². The molecule has 0 radical (unpaired) electrons. The summed E-state index contributed by atoms with van der Waals surface area (Å²) in [5, 5.41) is 4.99. The topological polar surface area (TPSA) is 3.24 Å². The molecule has 0 aliphatic heterocycles. The number of hydrogen-bond donors (Lipinski definition) is 0. The van der Waals surface area contributed by atoms with Crippen LogP contribution in [0.1, 0.15) is 55.5 Å². The van der Waals surface area contributed by atoms with Crippen molar-refractivity contribution in [1.82, 2.24) is 0 Å². The van der Waals surface area contributed by atoms with E-state index in [-0.39, 0.29) is 10.8 Å². The second-order valence-corrected chi connectivity index (χ2v) is 17.4. The molecule has 0 bridgehead atoms. The number of benzene rings is 9. The highest BCUT2D eigenvalue weighted by molar-refractivity contribution is 6.05. The van der Waals surface area contributed by atoms with Gasteiger partial charge in [-0.2, -0.15) is 0 Å². The zero-order valence-electron chi connectivity index (χ0n) is 33.8. The SMILES string of the molecule is Cc1cc(-c2cccc3ccccc23)cc(-c2cccc3ccccc23)c1N(c1ccc2c(c1)C(C)(C)c1ccccc1-2)c1ccc2c(c1)C(C)(C)c1ccccc1-2. The highest BCUT2D eigenvalue weighted by Crippen LogP contribution is 2.55. The Kier molecular flexibility index (Phi) is 7.53. The maximum Gasteiger partial charge on any atom is 0.0569 e. The van der Waals surface area contributed by atoms with Gasteiger partial charge in [-0.25, -0.2) is 0 Å². The monoisotopic (exact) mass is 743 g/mol. The van der Waals surface area contributed by atoms with E-state index in [1.54, 1.807) is 0 Å². The Morgan fingerprint density at radius 1 is 0.345 bits per heavy atom. The first-order valence-electron chi connectivity index (χ1n) is 20.6. The van der Waals surface area contributed by atoms with Crippen LogP contribution in [0.2, 0.25) is 0 Å². The van der Waals surface area contributed by atoms with Crippen molar-refractivity contribution in [2.75, 3.05) is 4.90 Å². The largest absolute Gasteiger partial charge is 0.310 e. The van der Waals surface area contributed by atoms with E-state index in [4.69, 9.17) is 0 Å². The van der Waals surface area contributed by atoms with Gasteiger partial charge in [-0.05, 0) is 132 Å². The first kappa shape index (κ1) is 34.5. The first-order chi connectivity index (χ1) is 28.2. The molecular formula is C57H45N. The lowest BCUT2D eigenvalue weighted by molar-refractivity contribution is 0.660. The van der Waals surface area contributed by atoms with Crippen LogP contribution in [0.3, 0.4) is 0 Å². The summed E-state index contributed by atoms with van der Waals surface area (Å²) >= 11 is 0. The second-order valence-electron chi connectivity index (χ2n) is 17.4. The minimum atomic E-state index is -0.138. The lowest BCUT2D eigenvalue weighted by Crippen LogP contribution is -2.18. The van der Waals surface area contributed by atoms with Gasteiger partial charge < -0.3 is 4.90 Å². The summed E-state index contributed by atoms with van der Waals surface area (Å²) in [6.45, 7) is 11.8. The van der Waals surface area contributed by atoms with Crippen LogP contribution in [0.15, 0.2) is 182 Å². The van der Waals surface area contributed by atoms with Gasteiger partial charge in [0, 0.05) is 27.8 Å². The van der Waals surface area contributed by atoms with Crippen molar-refractivity contribution >= 4 is 38.6 Å². The van der Waals surface area contributed by atoms with Gasteiger partial charge in [-0.15, -0.1) is 0 Å². The molecule has 0 N–H and O–H groups in total. The molecule has 0 unspecified atom stereocenters. The van der Waals surface area contributed by atoms with Crippen LogP contribution in [0, 0.1) is 6.92 Å². The molecule has 58 heavy (non-hydrogen) atoms. The quantitative estimate of drug-likeness (QED) is 0.170.